The lowest BCUT2D eigenvalue weighted by Crippen LogP contribution is -2.50. The fraction of sp³-hybridized carbons (Fsp3) is 0.652. The van der Waals surface area contributed by atoms with E-state index < -0.39 is 0 Å². The number of benzene rings is 1. The number of piperidine rings is 1. The normalized spacial score (nSPS) is 21.3. The Labute approximate surface area is 204 Å². The number of rotatable bonds is 7. The van der Waals surface area contributed by atoms with Crippen molar-refractivity contribution < 1.29 is 9.53 Å². The van der Waals surface area contributed by atoms with Crippen molar-refractivity contribution in [2.45, 2.75) is 50.8 Å². The Hall–Kier alpha value is -1.39. The van der Waals surface area contributed by atoms with Gasteiger partial charge in [-0.15, -0.1) is 24.0 Å². The Balaban J connectivity index is 0.00000341. The topological polar surface area (TPSA) is 69.2 Å². The minimum absolute atomic E-state index is 0. The summed E-state index contributed by atoms with van der Waals surface area (Å²) in [6.45, 7) is 6.09. The van der Waals surface area contributed by atoms with Crippen LogP contribution in [0.25, 0.3) is 0 Å². The average Bonchev–Trinajstić information content (AvgIpc) is 3.29. The van der Waals surface area contributed by atoms with E-state index in [9.17, 15) is 4.79 Å². The molecule has 0 spiro atoms. The Morgan fingerprint density at radius 3 is 2.55 bits per heavy atom. The smallest absolute Gasteiger partial charge is 0.243 e. The molecule has 2 aliphatic heterocycles. The number of carbonyl (C=O) groups excluding carboxylic acids is 1. The lowest BCUT2D eigenvalue weighted by atomic mass is 10.0. The van der Waals surface area contributed by atoms with E-state index in [1.54, 1.807) is 19.0 Å². The van der Waals surface area contributed by atoms with E-state index in [-0.39, 0.29) is 42.5 Å². The first-order valence-electron chi connectivity index (χ1n) is 11.2. The Morgan fingerprint density at radius 2 is 1.94 bits per heavy atom. The maximum atomic E-state index is 12.0. The number of amides is 1. The van der Waals surface area contributed by atoms with Gasteiger partial charge in [-0.25, -0.2) is 4.99 Å². The van der Waals surface area contributed by atoms with E-state index in [1.807, 2.05) is 0 Å². The van der Waals surface area contributed by atoms with Crippen molar-refractivity contribution in [1.82, 2.24) is 20.4 Å². The summed E-state index contributed by atoms with van der Waals surface area (Å²) in [5, 5.41) is 6.95. The van der Waals surface area contributed by atoms with Gasteiger partial charge in [0, 0.05) is 52.4 Å². The number of nitrogens with one attached hydrogen (secondary N) is 2. The molecule has 0 aromatic heterocycles. The van der Waals surface area contributed by atoms with Gasteiger partial charge in [-0.2, -0.15) is 0 Å². The molecule has 0 bridgehead atoms. The SMILES string of the molecule is CC(c1ccccc1)N1CCC(NC(=NCC(=O)N(C)C)NCC2CCCO2)CC1.I. The maximum Gasteiger partial charge on any atom is 0.243 e. The zero-order valence-corrected chi connectivity index (χ0v) is 21.4. The zero-order valence-electron chi connectivity index (χ0n) is 19.0. The van der Waals surface area contributed by atoms with Gasteiger partial charge in [-0.3, -0.25) is 9.69 Å². The van der Waals surface area contributed by atoms with Gasteiger partial charge in [0.15, 0.2) is 5.96 Å². The van der Waals surface area contributed by atoms with Crippen molar-refractivity contribution in [3.63, 3.8) is 0 Å². The van der Waals surface area contributed by atoms with Gasteiger partial charge in [0.2, 0.25) is 5.91 Å². The second-order valence-electron chi connectivity index (χ2n) is 8.51. The molecule has 2 aliphatic rings. The van der Waals surface area contributed by atoms with Crippen LogP contribution in [0, 0.1) is 0 Å². The fourth-order valence-corrected chi connectivity index (χ4v) is 4.02. The molecular weight excluding hydrogens is 505 g/mol. The summed E-state index contributed by atoms with van der Waals surface area (Å²) in [6.07, 6.45) is 4.53. The molecule has 2 heterocycles. The van der Waals surface area contributed by atoms with Gasteiger partial charge in [-0.05, 0) is 38.2 Å². The number of likely N-dealkylation sites (tertiary alicyclic amines) is 1. The fourth-order valence-electron chi connectivity index (χ4n) is 4.02. The maximum absolute atomic E-state index is 12.0. The number of likely N-dealkylation sites (N-methyl/N-ethyl adjacent to an activating group) is 1. The Bertz CT molecular complexity index is 686. The third-order valence-corrected chi connectivity index (χ3v) is 6.09. The van der Waals surface area contributed by atoms with Crippen LogP contribution in [0.5, 0.6) is 0 Å². The van der Waals surface area contributed by atoms with Gasteiger partial charge in [0.05, 0.1) is 6.10 Å². The number of nitrogens with zero attached hydrogens (tertiary/aromatic N) is 3. The van der Waals surface area contributed by atoms with Crippen molar-refractivity contribution in [1.29, 1.82) is 0 Å². The van der Waals surface area contributed by atoms with E-state index in [1.165, 1.54) is 5.56 Å². The highest BCUT2D eigenvalue weighted by Gasteiger charge is 2.24. The molecule has 2 atom stereocenters. The highest BCUT2D eigenvalue weighted by atomic mass is 127. The number of halogens is 1. The van der Waals surface area contributed by atoms with Gasteiger partial charge in [0.25, 0.3) is 0 Å². The van der Waals surface area contributed by atoms with Crippen LogP contribution < -0.4 is 10.6 Å². The van der Waals surface area contributed by atoms with Crippen LogP contribution in [-0.2, 0) is 9.53 Å². The van der Waals surface area contributed by atoms with Gasteiger partial charge in [0.1, 0.15) is 6.54 Å². The van der Waals surface area contributed by atoms with Crippen molar-refractivity contribution >= 4 is 35.8 Å². The summed E-state index contributed by atoms with van der Waals surface area (Å²) in [4.78, 5) is 20.6. The largest absolute Gasteiger partial charge is 0.376 e. The lowest BCUT2D eigenvalue weighted by molar-refractivity contribution is -0.127. The molecule has 8 heteroatoms. The third-order valence-electron chi connectivity index (χ3n) is 6.09. The zero-order chi connectivity index (χ0) is 21.3. The molecule has 31 heavy (non-hydrogen) atoms. The van der Waals surface area contributed by atoms with Crippen LogP contribution in [0.2, 0.25) is 0 Å². The molecule has 0 aliphatic carbocycles. The van der Waals surface area contributed by atoms with Gasteiger partial charge in [-0.1, -0.05) is 30.3 Å². The molecule has 1 aromatic rings. The summed E-state index contributed by atoms with van der Waals surface area (Å²) in [5.41, 5.74) is 1.37. The number of carbonyl (C=O) groups is 1. The molecule has 0 saturated carbocycles. The molecule has 174 valence electrons. The molecular formula is C23H38IN5O2. The molecule has 7 nitrogen and oxygen atoms in total. The third kappa shape index (κ3) is 8.23. The first kappa shape index (κ1) is 25.9. The summed E-state index contributed by atoms with van der Waals surface area (Å²) in [6, 6.07) is 11.5. The number of ether oxygens (including phenoxy) is 1. The van der Waals surface area contributed by atoms with Crippen molar-refractivity contribution in [2.75, 3.05) is 46.9 Å². The number of hydrogen-bond donors (Lipinski definition) is 2. The average molecular weight is 543 g/mol. The Kier molecular flexibility index (Phi) is 11.0. The predicted octanol–water partition coefficient (Wildman–Crippen LogP) is 2.63. The van der Waals surface area contributed by atoms with Crippen molar-refractivity contribution in [2.24, 2.45) is 4.99 Å². The first-order chi connectivity index (χ1) is 14.5. The number of guanidine groups is 1. The summed E-state index contributed by atoms with van der Waals surface area (Å²) < 4.78 is 5.71. The quantitative estimate of drug-likeness (QED) is 0.315. The standard InChI is InChI=1S/C23H37N5O2.HI/c1-18(19-8-5-4-6-9-19)28-13-11-20(12-14-28)26-23(25-17-22(29)27(2)3)24-16-21-10-7-15-30-21;/h4-6,8-9,18,20-21H,7,10-17H2,1-3H3,(H2,24,25,26);1H. The summed E-state index contributed by atoms with van der Waals surface area (Å²) in [7, 11) is 3.52. The minimum Gasteiger partial charge on any atom is -0.376 e. The van der Waals surface area contributed by atoms with Crippen molar-refractivity contribution in [3.8, 4) is 0 Å². The molecule has 2 saturated heterocycles. The second-order valence-corrected chi connectivity index (χ2v) is 8.51. The van der Waals surface area contributed by atoms with Crippen LogP contribution in [0.15, 0.2) is 35.3 Å². The van der Waals surface area contributed by atoms with Crippen LogP contribution in [0.1, 0.15) is 44.2 Å². The molecule has 1 aromatic carbocycles. The highest BCUT2D eigenvalue weighted by Crippen LogP contribution is 2.24. The number of aliphatic imine (C=N–C) groups is 1. The second kappa shape index (κ2) is 13.2. The van der Waals surface area contributed by atoms with Crippen LogP contribution in [-0.4, -0.2) is 80.7 Å². The minimum atomic E-state index is -0.000258. The highest BCUT2D eigenvalue weighted by molar-refractivity contribution is 14.0. The monoisotopic (exact) mass is 543 g/mol. The first-order valence-corrected chi connectivity index (χ1v) is 11.2. The van der Waals surface area contributed by atoms with E-state index in [2.05, 4.69) is 57.8 Å². The van der Waals surface area contributed by atoms with Crippen LogP contribution in [0.3, 0.4) is 0 Å². The van der Waals surface area contributed by atoms with Crippen molar-refractivity contribution in [3.05, 3.63) is 35.9 Å². The summed E-state index contributed by atoms with van der Waals surface area (Å²) in [5.74, 6) is 0.718. The molecule has 2 fully saturated rings. The van der Waals surface area contributed by atoms with E-state index in [4.69, 9.17) is 4.74 Å². The van der Waals surface area contributed by atoms with E-state index in [0.29, 0.717) is 12.1 Å². The molecule has 2 unspecified atom stereocenters. The molecule has 3 rings (SSSR count). The summed E-state index contributed by atoms with van der Waals surface area (Å²) >= 11 is 0. The number of hydrogen-bond acceptors (Lipinski definition) is 4. The van der Waals surface area contributed by atoms with Gasteiger partial charge < -0.3 is 20.3 Å². The van der Waals surface area contributed by atoms with E-state index in [0.717, 1.165) is 57.9 Å². The molecule has 2 N–H and O–H groups in total. The van der Waals surface area contributed by atoms with Crippen LogP contribution in [0.4, 0.5) is 0 Å². The molecule has 0 radical (unpaired) electrons. The lowest BCUT2D eigenvalue weighted by Gasteiger charge is -2.37. The van der Waals surface area contributed by atoms with Crippen LogP contribution >= 0.6 is 24.0 Å². The van der Waals surface area contributed by atoms with E-state index >= 15 is 0 Å². The molecule has 1 amide bonds. The Morgan fingerprint density at radius 1 is 1.23 bits per heavy atom. The van der Waals surface area contributed by atoms with Gasteiger partial charge >= 0.3 is 0 Å². The predicted molar refractivity (Wildman–Crippen MR) is 136 cm³/mol.